The first kappa shape index (κ1) is 31.8. The second kappa shape index (κ2) is 14.1. The maximum atomic E-state index is 13.8. The van der Waals surface area contributed by atoms with Gasteiger partial charge in [0.2, 0.25) is 0 Å². The van der Waals surface area contributed by atoms with Gasteiger partial charge in [-0.3, -0.25) is 9.59 Å². The Bertz CT molecular complexity index is 1500. The van der Waals surface area contributed by atoms with Gasteiger partial charge < -0.3 is 14.4 Å². The van der Waals surface area contributed by atoms with Gasteiger partial charge in [0, 0.05) is 30.3 Å². The summed E-state index contributed by atoms with van der Waals surface area (Å²) in [6.07, 6.45) is 14.5. The fraction of sp³-hybridized carbons (Fsp3) is 0.550. The highest BCUT2D eigenvalue weighted by Crippen LogP contribution is 2.50. The number of aliphatic hydroxyl groups is 1. The average molecular weight is 610 g/mol. The number of hydrogen-bond donors (Lipinski definition) is 1. The number of carbonyl (C=O) groups is 1. The van der Waals surface area contributed by atoms with Crippen LogP contribution in [0.15, 0.2) is 71.7 Å². The number of fused-ring (bicyclic) bond motifs is 1. The summed E-state index contributed by atoms with van der Waals surface area (Å²) in [7, 11) is 0. The molecule has 3 aliphatic rings. The molecule has 2 fully saturated rings. The number of rotatable bonds is 11. The third-order valence-electron chi connectivity index (χ3n) is 11.1. The number of hydrogen-bond acceptors (Lipinski definition) is 4. The van der Waals surface area contributed by atoms with E-state index in [1.165, 1.54) is 30.4 Å². The Morgan fingerprint density at radius 2 is 1.82 bits per heavy atom. The maximum Gasteiger partial charge on any atom is 0.250 e. The standard InChI is InChI=1S/C40H51NO4/c1-3-29-14-18-38-35(24-29)31(26-40(45-38)20-7-8-21-40)15-17-36(42)33(23-30-11-5-4-6-12-30)25-37(43)32-16-19-39(44)41(27-32)34-13-9-10-28(2)22-34/h4-6,11-12,14,16,18-19,24,27-28,31,33-34,36,42H,3,7-10,13,15,17,20-23,25-26H2,1-2H3/t28?,31-,33+,34?,36+/m0/s1. The number of nitrogens with zero attached hydrogens (tertiary/aromatic N) is 1. The highest BCUT2D eigenvalue weighted by molar-refractivity contribution is 5.96. The van der Waals surface area contributed by atoms with Gasteiger partial charge in [0.1, 0.15) is 11.4 Å². The largest absolute Gasteiger partial charge is 0.487 e. The topological polar surface area (TPSA) is 68.5 Å². The minimum Gasteiger partial charge on any atom is -0.487 e. The summed E-state index contributed by atoms with van der Waals surface area (Å²) in [6.45, 7) is 4.44. The van der Waals surface area contributed by atoms with Crippen molar-refractivity contribution >= 4 is 5.78 Å². The van der Waals surface area contributed by atoms with Crippen molar-refractivity contribution in [2.24, 2.45) is 11.8 Å². The van der Waals surface area contributed by atoms with Gasteiger partial charge >= 0.3 is 0 Å². The average Bonchev–Trinajstić information content (AvgIpc) is 3.50. The Balaban J connectivity index is 1.20. The summed E-state index contributed by atoms with van der Waals surface area (Å²) in [5, 5.41) is 11.8. The molecule has 3 aromatic rings. The number of aromatic nitrogens is 1. The molecule has 2 aromatic carbocycles. The van der Waals surface area contributed by atoms with E-state index >= 15 is 0 Å². The van der Waals surface area contributed by atoms with Gasteiger partial charge in [0.15, 0.2) is 5.78 Å². The molecule has 0 saturated heterocycles. The van der Waals surface area contributed by atoms with E-state index in [0.29, 0.717) is 30.2 Å². The van der Waals surface area contributed by atoms with E-state index in [1.54, 1.807) is 22.9 Å². The predicted molar refractivity (Wildman–Crippen MR) is 180 cm³/mol. The van der Waals surface area contributed by atoms with Crippen molar-refractivity contribution < 1.29 is 14.6 Å². The number of benzene rings is 2. The van der Waals surface area contributed by atoms with Crippen LogP contribution in [0.4, 0.5) is 0 Å². The summed E-state index contributed by atoms with van der Waals surface area (Å²) in [6, 6.07) is 20.3. The molecule has 2 aliphatic carbocycles. The van der Waals surface area contributed by atoms with E-state index < -0.39 is 6.10 Å². The van der Waals surface area contributed by atoms with E-state index in [9.17, 15) is 14.7 Å². The van der Waals surface area contributed by atoms with Crippen LogP contribution in [-0.2, 0) is 12.8 Å². The first-order valence-corrected chi connectivity index (χ1v) is 17.6. The van der Waals surface area contributed by atoms with Crippen molar-refractivity contribution in [3.63, 3.8) is 0 Å². The zero-order chi connectivity index (χ0) is 31.4. The third-order valence-corrected chi connectivity index (χ3v) is 11.1. The van der Waals surface area contributed by atoms with E-state index in [-0.39, 0.29) is 35.3 Å². The molecule has 2 heterocycles. The molecule has 45 heavy (non-hydrogen) atoms. The van der Waals surface area contributed by atoms with Crippen LogP contribution in [-0.4, -0.2) is 27.2 Å². The molecule has 240 valence electrons. The molecule has 2 unspecified atom stereocenters. The van der Waals surface area contributed by atoms with Crippen molar-refractivity contribution in [3.05, 3.63) is 99.5 Å². The number of aliphatic hydroxyl groups excluding tert-OH is 1. The summed E-state index contributed by atoms with van der Waals surface area (Å²) < 4.78 is 8.48. The quantitative estimate of drug-likeness (QED) is 0.221. The van der Waals surface area contributed by atoms with Crippen LogP contribution in [0.2, 0.25) is 0 Å². The summed E-state index contributed by atoms with van der Waals surface area (Å²) >= 11 is 0. The van der Waals surface area contributed by atoms with Crippen molar-refractivity contribution in [2.45, 2.75) is 127 Å². The summed E-state index contributed by atoms with van der Waals surface area (Å²) in [5.41, 5.74) is 4.20. The van der Waals surface area contributed by atoms with Crippen LogP contribution >= 0.6 is 0 Å². The van der Waals surface area contributed by atoms with Crippen LogP contribution in [0, 0.1) is 11.8 Å². The van der Waals surface area contributed by atoms with Crippen LogP contribution in [0.3, 0.4) is 0 Å². The molecule has 5 heteroatoms. The van der Waals surface area contributed by atoms with Crippen molar-refractivity contribution in [3.8, 4) is 5.75 Å². The zero-order valence-corrected chi connectivity index (χ0v) is 27.3. The van der Waals surface area contributed by atoms with Crippen molar-refractivity contribution in [2.75, 3.05) is 0 Å². The van der Waals surface area contributed by atoms with Crippen LogP contribution in [0.1, 0.15) is 130 Å². The molecular weight excluding hydrogens is 558 g/mol. The Labute approximate surface area is 269 Å². The second-order valence-corrected chi connectivity index (χ2v) is 14.4. The SMILES string of the molecule is CCc1ccc2c(c1)[C@@H](CC[C@@H](O)[C@@H](CC(=O)c1ccc(=O)n(C3CCCC(C)C3)c1)Cc1ccccc1)CC1(CCCC1)O2. The molecule has 5 nitrogen and oxygen atoms in total. The number of ether oxygens (including phenoxy) is 1. The highest BCUT2D eigenvalue weighted by atomic mass is 16.5. The normalized spacial score (nSPS) is 23.7. The van der Waals surface area contributed by atoms with Gasteiger partial charge in [-0.2, -0.15) is 0 Å². The fourth-order valence-electron chi connectivity index (χ4n) is 8.48. The van der Waals surface area contributed by atoms with Gasteiger partial charge in [0.25, 0.3) is 5.56 Å². The van der Waals surface area contributed by atoms with E-state index in [4.69, 9.17) is 4.74 Å². The second-order valence-electron chi connectivity index (χ2n) is 14.4. The first-order chi connectivity index (χ1) is 21.8. The molecule has 0 bridgehead atoms. The minimum absolute atomic E-state index is 0.00139. The van der Waals surface area contributed by atoms with Gasteiger partial charge in [0.05, 0.1) is 6.10 Å². The summed E-state index contributed by atoms with van der Waals surface area (Å²) in [4.78, 5) is 26.7. The van der Waals surface area contributed by atoms with Gasteiger partial charge in [-0.15, -0.1) is 0 Å². The molecule has 1 spiro atoms. The lowest BCUT2D eigenvalue weighted by Crippen LogP contribution is -2.38. The molecule has 0 amide bonds. The van der Waals surface area contributed by atoms with Crippen LogP contribution < -0.4 is 10.3 Å². The lowest BCUT2D eigenvalue weighted by molar-refractivity contribution is 0.0343. The van der Waals surface area contributed by atoms with Crippen molar-refractivity contribution in [1.29, 1.82) is 0 Å². The maximum absolute atomic E-state index is 13.8. The van der Waals surface area contributed by atoms with Gasteiger partial charge in [-0.05, 0) is 117 Å². The molecule has 2 saturated carbocycles. The van der Waals surface area contributed by atoms with Crippen LogP contribution in [0.25, 0.3) is 0 Å². The minimum atomic E-state index is -0.612. The van der Waals surface area contributed by atoms with E-state index in [2.05, 4.69) is 44.2 Å². The summed E-state index contributed by atoms with van der Waals surface area (Å²) in [5.74, 6) is 1.74. The molecule has 5 atom stereocenters. The third kappa shape index (κ3) is 7.46. The van der Waals surface area contributed by atoms with Crippen molar-refractivity contribution in [1.82, 2.24) is 4.57 Å². The fourth-order valence-corrected chi connectivity index (χ4v) is 8.48. The first-order valence-electron chi connectivity index (χ1n) is 17.6. The Hall–Kier alpha value is -3.18. The number of ketones is 1. The number of aryl methyl sites for hydroxylation is 1. The molecule has 6 rings (SSSR count). The molecule has 0 radical (unpaired) electrons. The lowest BCUT2D eigenvalue weighted by Gasteiger charge is -2.40. The number of pyridine rings is 1. The number of Topliss-reactive ketones (excluding diaryl/α,β-unsaturated/α-hetero) is 1. The molecular formula is C40H51NO4. The van der Waals surface area contributed by atoms with Crippen LogP contribution in [0.5, 0.6) is 5.75 Å². The lowest BCUT2D eigenvalue weighted by atomic mass is 9.77. The van der Waals surface area contributed by atoms with E-state index in [0.717, 1.165) is 62.7 Å². The zero-order valence-electron chi connectivity index (χ0n) is 27.3. The number of carbonyl (C=O) groups excluding carboxylic acids is 1. The van der Waals surface area contributed by atoms with Gasteiger partial charge in [-0.25, -0.2) is 0 Å². The van der Waals surface area contributed by atoms with E-state index in [1.807, 2.05) is 18.2 Å². The molecule has 1 N–H and O–H groups in total. The smallest absolute Gasteiger partial charge is 0.250 e. The van der Waals surface area contributed by atoms with Gasteiger partial charge in [-0.1, -0.05) is 69.2 Å². The highest BCUT2D eigenvalue weighted by Gasteiger charge is 2.43. The molecule has 1 aliphatic heterocycles. The Morgan fingerprint density at radius 1 is 1.02 bits per heavy atom. The molecule has 1 aromatic heterocycles. The predicted octanol–water partition coefficient (Wildman–Crippen LogP) is 8.61. The Morgan fingerprint density at radius 3 is 2.58 bits per heavy atom. The Kier molecular flexibility index (Phi) is 9.94. The monoisotopic (exact) mass is 609 g/mol.